The van der Waals surface area contributed by atoms with Crippen molar-refractivity contribution in [3.63, 3.8) is 0 Å². The summed E-state index contributed by atoms with van der Waals surface area (Å²) >= 11 is 0. The molecule has 1 N–H and O–H groups in total. The second-order valence-electron chi connectivity index (χ2n) is 7.51. The molecule has 2 aromatic carbocycles. The first-order valence-electron chi connectivity index (χ1n) is 10.0. The number of fused-ring (bicyclic) bond motifs is 2. The summed E-state index contributed by atoms with van der Waals surface area (Å²) < 4.78 is 0. The molecule has 0 unspecified atom stereocenters. The van der Waals surface area contributed by atoms with Crippen molar-refractivity contribution >= 4 is 27.6 Å². The van der Waals surface area contributed by atoms with Crippen LogP contribution < -0.4 is 5.56 Å². The van der Waals surface area contributed by atoms with Crippen LogP contribution in [-0.2, 0) is 6.54 Å². The van der Waals surface area contributed by atoms with Gasteiger partial charge in [0.2, 0.25) is 0 Å². The van der Waals surface area contributed by atoms with Crippen LogP contribution >= 0.6 is 0 Å². The Hall–Kier alpha value is -3.58. The fraction of sp³-hybridized carbons (Fsp3) is 0.217. The summed E-state index contributed by atoms with van der Waals surface area (Å²) in [4.78, 5) is 33.7. The second kappa shape index (κ2) is 7.68. The minimum absolute atomic E-state index is 0.145. The number of amides is 1. The zero-order valence-corrected chi connectivity index (χ0v) is 16.4. The number of carbonyl (C=O) groups excluding carboxylic acids is 1. The van der Waals surface area contributed by atoms with Crippen LogP contribution in [0.4, 0.5) is 0 Å². The first kappa shape index (κ1) is 18.4. The lowest BCUT2D eigenvalue weighted by Gasteiger charge is -2.34. The van der Waals surface area contributed by atoms with Crippen LogP contribution in [0.1, 0.15) is 16.1 Å². The van der Waals surface area contributed by atoms with Crippen molar-refractivity contribution in [2.45, 2.75) is 6.54 Å². The molecule has 150 valence electrons. The Balaban J connectivity index is 1.31. The first-order valence-corrected chi connectivity index (χ1v) is 10.0. The van der Waals surface area contributed by atoms with Gasteiger partial charge < -0.3 is 4.90 Å². The maximum atomic E-state index is 13.1. The number of pyridine rings is 1. The van der Waals surface area contributed by atoms with Crippen LogP contribution in [-0.4, -0.2) is 57.1 Å². The molecular weight excluding hydrogens is 378 g/mol. The average molecular weight is 399 g/mol. The molecule has 1 fully saturated rings. The van der Waals surface area contributed by atoms with Gasteiger partial charge in [0.1, 0.15) is 0 Å². The molecule has 7 nitrogen and oxygen atoms in total. The van der Waals surface area contributed by atoms with E-state index in [-0.39, 0.29) is 11.5 Å². The zero-order valence-electron chi connectivity index (χ0n) is 16.4. The average Bonchev–Trinajstić information content (AvgIpc) is 2.80. The van der Waals surface area contributed by atoms with Crippen molar-refractivity contribution < 1.29 is 4.79 Å². The Kier molecular flexibility index (Phi) is 4.72. The van der Waals surface area contributed by atoms with Gasteiger partial charge in [-0.3, -0.25) is 19.5 Å². The molecule has 0 aliphatic carbocycles. The lowest BCUT2D eigenvalue weighted by Crippen LogP contribution is -2.48. The molecule has 3 heterocycles. The molecular formula is C23H21N5O2. The number of para-hydroxylation sites is 1. The van der Waals surface area contributed by atoms with Gasteiger partial charge in [-0.2, -0.15) is 5.10 Å². The Morgan fingerprint density at radius 2 is 1.70 bits per heavy atom. The maximum Gasteiger partial charge on any atom is 0.275 e. The van der Waals surface area contributed by atoms with Crippen LogP contribution in [0.15, 0.2) is 65.6 Å². The maximum absolute atomic E-state index is 13.1. The molecule has 1 amide bonds. The van der Waals surface area contributed by atoms with Gasteiger partial charge in [0, 0.05) is 49.7 Å². The number of aromatic nitrogens is 3. The van der Waals surface area contributed by atoms with E-state index in [0.717, 1.165) is 30.5 Å². The van der Waals surface area contributed by atoms with E-state index in [9.17, 15) is 9.59 Å². The Bertz CT molecular complexity index is 1290. The number of rotatable bonds is 3. The standard InChI is InChI=1S/C23H21N5O2/c29-22-19-9-2-1-8-18(19)21(25-26-22)23(30)28-13-11-27(12-14-28)15-17-6-3-5-16-7-4-10-24-20(16)17/h1-10H,11-15H2,(H,26,29). The largest absolute Gasteiger partial charge is 0.335 e. The summed E-state index contributed by atoms with van der Waals surface area (Å²) in [6.45, 7) is 3.58. The highest BCUT2D eigenvalue weighted by molar-refractivity contribution is 6.04. The van der Waals surface area contributed by atoms with Crippen molar-refractivity contribution in [2.24, 2.45) is 0 Å². The highest BCUT2D eigenvalue weighted by atomic mass is 16.2. The van der Waals surface area contributed by atoms with Gasteiger partial charge in [0.25, 0.3) is 11.5 Å². The first-order chi connectivity index (χ1) is 14.7. The molecule has 1 aliphatic heterocycles. The van der Waals surface area contributed by atoms with Crippen molar-refractivity contribution in [1.82, 2.24) is 25.0 Å². The van der Waals surface area contributed by atoms with Gasteiger partial charge in [0.05, 0.1) is 10.9 Å². The number of nitrogens with zero attached hydrogens (tertiary/aromatic N) is 4. The molecule has 4 aromatic rings. The van der Waals surface area contributed by atoms with E-state index in [1.54, 1.807) is 18.2 Å². The van der Waals surface area contributed by atoms with Gasteiger partial charge in [-0.1, -0.05) is 42.5 Å². The minimum atomic E-state index is -0.282. The van der Waals surface area contributed by atoms with Gasteiger partial charge in [-0.25, -0.2) is 5.10 Å². The molecule has 30 heavy (non-hydrogen) atoms. The fourth-order valence-corrected chi connectivity index (χ4v) is 4.07. The van der Waals surface area contributed by atoms with Crippen molar-refractivity contribution in [2.75, 3.05) is 26.2 Å². The highest BCUT2D eigenvalue weighted by Crippen LogP contribution is 2.20. The van der Waals surface area contributed by atoms with Gasteiger partial charge in [0.15, 0.2) is 5.69 Å². The number of aromatic amines is 1. The molecule has 0 spiro atoms. The molecule has 2 aromatic heterocycles. The Morgan fingerprint density at radius 1 is 0.933 bits per heavy atom. The van der Waals surface area contributed by atoms with E-state index in [1.165, 1.54) is 5.56 Å². The molecule has 1 saturated heterocycles. The van der Waals surface area contributed by atoms with E-state index >= 15 is 0 Å². The second-order valence-corrected chi connectivity index (χ2v) is 7.51. The summed E-state index contributed by atoms with van der Waals surface area (Å²) in [6, 6.07) is 17.4. The monoisotopic (exact) mass is 399 g/mol. The third kappa shape index (κ3) is 3.33. The lowest BCUT2D eigenvalue weighted by molar-refractivity contribution is 0.0624. The number of nitrogens with one attached hydrogen (secondary N) is 1. The van der Waals surface area contributed by atoms with Crippen molar-refractivity contribution in [3.05, 3.63) is 82.4 Å². The zero-order chi connectivity index (χ0) is 20.5. The third-order valence-electron chi connectivity index (χ3n) is 5.67. The number of H-pyrrole nitrogens is 1. The van der Waals surface area contributed by atoms with Crippen molar-refractivity contribution in [3.8, 4) is 0 Å². The summed E-state index contributed by atoms with van der Waals surface area (Å²) in [6.07, 6.45) is 1.82. The van der Waals surface area contributed by atoms with E-state index in [2.05, 4.69) is 44.3 Å². The van der Waals surface area contributed by atoms with Gasteiger partial charge in [-0.15, -0.1) is 0 Å². The SMILES string of the molecule is O=C(c1n[nH]c(=O)c2ccccc12)N1CCN(Cc2cccc3cccnc23)CC1. The molecule has 0 atom stereocenters. The molecule has 0 bridgehead atoms. The summed E-state index contributed by atoms with van der Waals surface area (Å²) in [5.41, 5.74) is 2.25. The van der Waals surface area contributed by atoms with Crippen LogP contribution in [0.3, 0.4) is 0 Å². The van der Waals surface area contributed by atoms with Crippen LogP contribution in [0, 0.1) is 0 Å². The minimum Gasteiger partial charge on any atom is -0.335 e. The summed E-state index contributed by atoms with van der Waals surface area (Å²) in [5, 5.41) is 8.72. The normalized spacial score (nSPS) is 15.0. The summed E-state index contributed by atoms with van der Waals surface area (Å²) in [5.74, 6) is -0.145. The molecule has 1 aliphatic rings. The summed E-state index contributed by atoms with van der Waals surface area (Å²) in [7, 11) is 0. The number of piperazine rings is 1. The van der Waals surface area contributed by atoms with Crippen LogP contribution in [0.25, 0.3) is 21.7 Å². The fourth-order valence-electron chi connectivity index (χ4n) is 4.07. The molecule has 5 rings (SSSR count). The van der Waals surface area contributed by atoms with Crippen LogP contribution in [0.5, 0.6) is 0 Å². The Labute approximate surface area is 173 Å². The van der Waals surface area contributed by atoms with Gasteiger partial charge in [-0.05, 0) is 17.7 Å². The number of hydrogen-bond donors (Lipinski definition) is 1. The highest BCUT2D eigenvalue weighted by Gasteiger charge is 2.25. The van der Waals surface area contributed by atoms with Gasteiger partial charge >= 0.3 is 0 Å². The lowest BCUT2D eigenvalue weighted by atomic mass is 10.1. The predicted molar refractivity (Wildman–Crippen MR) is 115 cm³/mol. The smallest absolute Gasteiger partial charge is 0.275 e. The third-order valence-corrected chi connectivity index (χ3v) is 5.67. The Morgan fingerprint density at radius 3 is 2.53 bits per heavy atom. The number of benzene rings is 2. The molecule has 0 radical (unpaired) electrons. The quantitative estimate of drug-likeness (QED) is 0.572. The van der Waals surface area contributed by atoms with Crippen LogP contribution in [0.2, 0.25) is 0 Å². The molecule has 7 heteroatoms. The van der Waals surface area contributed by atoms with E-state index in [1.807, 2.05) is 23.2 Å². The van der Waals surface area contributed by atoms with Crippen molar-refractivity contribution in [1.29, 1.82) is 0 Å². The topological polar surface area (TPSA) is 82.2 Å². The molecule has 0 saturated carbocycles. The van der Waals surface area contributed by atoms with E-state index in [0.29, 0.717) is 29.6 Å². The number of carbonyl (C=O) groups is 1. The predicted octanol–water partition coefficient (Wildman–Crippen LogP) is 2.43. The van der Waals surface area contributed by atoms with E-state index in [4.69, 9.17) is 0 Å². The van der Waals surface area contributed by atoms with E-state index < -0.39 is 0 Å². The number of hydrogen-bond acceptors (Lipinski definition) is 5.